The molecule has 114 valence electrons. The molecular weight excluding hydrogens is 376 g/mol. The number of hydrogen-bond donors (Lipinski definition) is 0. The van der Waals surface area contributed by atoms with E-state index in [2.05, 4.69) is 22.0 Å². The molecule has 3 nitrogen and oxygen atoms in total. The Bertz CT molecular complexity index is 1020. The fourth-order valence-corrected chi connectivity index (χ4v) is 3.49. The van der Waals surface area contributed by atoms with Crippen molar-refractivity contribution < 1.29 is 0 Å². The second kappa shape index (κ2) is 5.62. The molecule has 0 spiro atoms. The van der Waals surface area contributed by atoms with Crippen molar-refractivity contribution in [2.24, 2.45) is 0 Å². The summed E-state index contributed by atoms with van der Waals surface area (Å²) in [5.74, 6) is 0. The number of benzene rings is 1. The van der Waals surface area contributed by atoms with Gasteiger partial charge in [0.15, 0.2) is 0 Å². The highest BCUT2D eigenvalue weighted by atomic mass is 79.9. The summed E-state index contributed by atoms with van der Waals surface area (Å²) in [6, 6.07) is 11.4. The Labute approximate surface area is 146 Å². The first-order valence-electron chi connectivity index (χ1n) is 7.29. The van der Waals surface area contributed by atoms with Gasteiger partial charge in [0, 0.05) is 21.3 Å². The quantitative estimate of drug-likeness (QED) is 0.612. The molecule has 1 aliphatic carbocycles. The smallest absolute Gasteiger partial charge is 0.261 e. The third-order valence-corrected chi connectivity index (χ3v) is 4.72. The van der Waals surface area contributed by atoms with Gasteiger partial charge in [0.25, 0.3) is 5.56 Å². The van der Waals surface area contributed by atoms with Gasteiger partial charge in [-0.1, -0.05) is 23.7 Å². The zero-order valence-corrected chi connectivity index (χ0v) is 14.4. The average Bonchev–Trinajstić information content (AvgIpc) is 2.92. The summed E-state index contributed by atoms with van der Waals surface area (Å²) in [5, 5.41) is 0.703. The SMILES string of the molecule is O=c1c2c(nc3ccc(Br)cn13)C(=Cc1cccc(Cl)c1)CC2. The molecule has 23 heavy (non-hydrogen) atoms. The Balaban J connectivity index is 1.90. The molecule has 0 fully saturated rings. The van der Waals surface area contributed by atoms with Gasteiger partial charge in [-0.3, -0.25) is 9.20 Å². The molecular formula is C18H12BrClN2O. The van der Waals surface area contributed by atoms with E-state index in [1.807, 2.05) is 36.4 Å². The van der Waals surface area contributed by atoms with E-state index in [0.717, 1.165) is 39.7 Å². The number of aromatic nitrogens is 2. The van der Waals surface area contributed by atoms with Crippen molar-refractivity contribution in [3.8, 4) is 0 Å². The van der Waals surface area contributed by atoms with Crippen LogP contribution in [-0.2, 0) is 6.42 Å². The third-order valence-electron chi connectivity index (χ3n) is 4.02. The van der Waals surface area contributed by atoms with Crippen molar-refractivity contribution in [2.75, 3.05) is 0 Å². The molecule has 0 radical (unpaired) electrons. The second-order valence-corrected chi connectivity index (χ2v) is 6.90. The van der Waals surface area contributed by atoms with Gasteiger partial charge in [0.1, 0.15) is 5.65 Å². The monoisotopic (exact) mass is 386 g/mol. The number of allylic oxidation sites excluding steroid dienone is 1. The topological polar surface area (TPSA) is 34.4 Å². The third kappa shape index (κ3) is 2.62. The number of nitrogens with zero attached hydrogens (tertiary/aromatic N) is 2. The Morgan fingerprint density at radius 2 is 2.09 bits per heavy atom. The summed E-state index contributed by atoms with van der Waals surface area (Å²) >= 11 is 9.44. The molecule has 5 heteroatoms. The van der Waals surface area contributed by atoms with E-state index >= 15 is 0 Å². The maximum absolute atomic E-state index is 12.7. The molecule has 2 heterocycles. The fourth-order valence-electron chi connectivity index (χ4n) is 2.96. The van der Waals surface area contributed by atoms with Crippen LogP contribution >= 0.6 is 27.5 Å². The van der Waals surface area contributed by atoms with E-state index in [-0.39, 0.29) is 5.56 Å². The van der Waals surface area contributed by atoms with Crippen LogP contribution < -0.4 is 5.56 Å². The summed E-state index contributed by atoms with van der Waals surface area (Å²) in [7, 11) is 0. The number of pyridine rings is 1. The van der Waals surface area contributed by atoms with E-state index in [0.29, 0.717) is 10.7 Å². The Hall–Kier alpha value is -1.91. The highest BCUT2D eigenvalue weighted by molar-refractivity contribution is 9.10. The van der Waals surface area contributed by atoms with Crippen molar-refractivity contribution in [1.29, 1.82) is 0 Å². The van der Waals surface area contributed by atoms with Crippen molar-refractivity contribution in [2.45, 2.75) is 12.8 Å². The standard InChI is InChI=1S/C18H12BrClN2O/c19-13-5-7-16-21-17-12(8-11-2-1-3-14(20)9-11)4-6-15(17)18(23)22(16)10-13/h1-3,5,7-10H,4,6H2. The lowest BCUT2D eigenvalue weighted by Gasteiger charge is -2.06. The van der Waals surface area contributed by atoms with Crippen LogP contribution in [0.4, 0.5) is 0 Å². The first-order valence-corrected chi connectivity index (χ1v) is 8.46. The van der Waals surface area contributed by atoms with Crippen molar-refractivity contribution in [1.82, 2.24) is 9.38 Å². The zero-order chi connectivity index (χ0) is 16.0. The number of rotatable bonds is 1. The number of fused-ring (bicyclic) bond motifs is 2. The predicted octanol–water partition coefficient (Wildman–Crippen LogP) is 4.60. The molecule has 4 rings (SSSR count). The van der Waals surface area contributed by atoms with Crippen LogP contribution in [0.15, 0.2) is 51.9 Å². The summed E-state index contributed by atoms with van der Waals surface area (Å²) in [5.41, 5.74) is 4.39. The van der Waals surface area contributed by atoms with Gasteiger partial charge in [0.05, 0.1) is 5.69 Å². The van der Waals surface area contributed by atoms with Crippen LogP contribution in [0.5, 0.6) is 0 Å². The van der Waals surface area contributed by atoms with Gasteiger partial charge in [-0.2, -0.15) is 0 Å². The Morgan fingerprint density at radius 3 is 2.91 bits per heavy atom. The normalized spacial score (nSPS) is 15.3. The fraction of sp³-hybridized carbons (Fsp3) is 0.111. The summed E-state index contributed by atoms with van der Waals surface area (Å²) < 4.78 is 2.46. The molecule has 1 aliphatic rings. The zero-order valence-electron chi connectivity index (χ0n) is 12.1. The minimum atomic E-state index is 0.0146. The minimum absolute atomic E-state index is 0.0146. The number of halogens is 2. The highest BCUT2D eigenvalue weighted by Gasteiger charge is 2.22. The van der Waals surface area contributed by atoms with Gasteiger partial charge in [-0.25, -0.2) is 4.98 Å². The maximum atomic E-state index is 12.7. The molecule has 3 aromatic rings. The summed E-state index contributed by atoms with van der Waals surface area (Å²) in [4.78, 5) is 17.4. The van der Waals surface area contributed by atoms with E-state index in [1.54, 1.807) is 10.6 Å². The molecule has 0 amide bonds. The largest absolute Gasteiger partial charge is 0.269 e. The van der Waals surface area contributed by atoms with Crippen molar-refractivity contribution >= 4 is 44.8 Å². The van der Waals surface area contributed by atoms with Crippen LogP contribution in [0.1, 0.15) is 23.2 Å². The van der Waals surface area contributed by atoms with E-state index in [1.165, 1.54) is 0 Å². The van der Waals surface area contributed by atoms with Crippen LogP contribution in [0.2, 0.25) is 5.02 Å². The van der Waals surface area contributed by atoms with Crippen molar-refractivity contribution in [3.05, 3.63) is 79.3 Å². The molecule has 0 atom stereocenters. The Kier molecular flexibility index (Phi) is 3.58. The summed E-state index contributed by atoms with van der Waals surface area (Å²) in [6.45, 7) is 0. The summed E-state index contributed by atoms with van der Waals surface area (Å²) in [6.07, 6.45) is 5.38. The van der Waals surface area contributed by atoms with Crippen molar-refractivity contribution in [3.63, 3.8) is 0 Å². The van der Waals surface area contributed by atoms with E-state index in [9.17, 15) is 4.79 Å². The van der Waals surface area contributed by atoms with Crippen LogP contribution in [0, 0.1) is 0 Å². The highest BCUT2D eigenvalue weighted by Crippen LogP contribution is 2.31. The number of hydrogen-bond acceptors (Lipinski definition) is 2. The molecule has 0 unspecified atom stereocenters. The molecule has 2 aromatic heterocycles. The van der Waals surface area contributed by atoms with Crippen LogP contribution in [0.3, 0.4) is 0 Å². The lowest BCUT2D eigenvalue weighted by atomic mass is 10.1. The van der Waals surface area contributed by atoms with Gasteiger partial charge in [0.2, 0.25) is 0 Å². The van der Waals surface area contributed by atoms with Gasteiger partial charge >= 0.3 is 0 Å². The molecule has 0 N–H and O–H groups in total. The average molecular weight is 388 g/mol. The van der Waals surface area contributed by atoms with Crippen LogP contribution in [0.25, 0.3) is 17.3 Å². The first kappa shape index (κ1) is 14.7. The van der Waals surface area contributed by atoms with Gasteiger partial charge in [-0.05, 0) is 70.2 Å². The molecule has 0 aliphatic heterocycles. The van der Waals surface area contributed by atoms with E-state index < -0.39 is 0 Å². The van der Waals surface area contributed by atoms with Gasteiger partial charge in [-0.15, -0.1) is 0 Å². The lowest BCUT2D eigenvalue weighted by Crippen LogP contribution is -2.19. The molecule has 0 saturated heterocycles. The molecule has 1 aromatic carbocycles. The maximum Gasteiger partial charge on any atom is 0.261 e. The second-order valence-electron chi connectivity index (χ2n) is 5.54. The van der Waals surface area contributed by atoms with E-state index in [4.69, 9.17) is 16.6 Å². The molecule has 0 saturated carbocycles. The predicted molar refractivity (Wildman–Crippen MR) is 96.8 cm³/mol. The minimum Gasteiger partial charge on any atom is -0.269 e. The Morgan fingerprint density at radius 1 is 1.22 bits per heavy atom. The lowest BCUT2D eigenvalue weighted by molar-refractivity contribution is 0.968. The van der Waals surface area contributed by atoms with Gasteiger partial charge < -0.3 is 0 Å². The van der Waals surface area contributed by atoms with Crippen LogP contribution in [-0.4, -0.2) is 9.38 Å². The molecule has 0 bridgehead atoms. The first-order chi connectivity index (χ1) is 11.1.